The molecule has 0 bridgehead atoms. The van der Waals surface area contributed by atoms with Gasteiger partial charge in [-0.05, 0) is 11.6 Å². The normalized spacial score (nSPS) is 12.7. The molecule has 104 valence electrons. The Hall–Kier alpha value is -1.21. The molecule has 0 aliphatic rings. The average molecular weight is 293 g/mol. The van der Waals surface area contributed by atoms with Gasteiger partial charge in [0, 0.05) is 5.56 Å². The summed E-state index contributed by atoms with van der Waals surface area (Å²) in [5.74, 6) is 0. The largest absolute Gasteiger partial charge is 0.350 e. The maximum absolute atomic E-state index is 10.8. The number of hydrogen-bond donors (Lipinski definition) is 0. The van der Waals surface area contributed by atoms with E-state index in [2.05, 4.69) is 43.6 Å². The van der Waals surface area contributed by atoms with Gasteiger partial charge >= 0.3 is 0 Å². The van der Waals surface area contributed by atoms with Gasteiger partial charge in [0.25, 0.3) is 0 Å². The first-order chi connectivity index (χ1) is 8.64. The van der Waals surface area contributed by atoms with Crippen molar-refractivity contribution in [2.75, 3.05) is 0 Å². The predicted molar refractivity (Wildman–Crippen MR) is 88.0 cm³/mol. The lowest BCUT2D eigenvalue weighted by atomic mass is 10.1. The SMILES string of the molecule is C[Si](C)(C)N(/N=C/c1cccc(C=O)c1)[Si](C)(C)C. The molecule has 0 amide bonds. The van der Waals surface area contributed by atoms with Gasteiger partial charge in [0.1, 0.15) is 6.29 Å². The summed E-state index contributed by atoms with van der Waals surface area (Å²) in [7, 11) is -2.94. The Morgan fingerprint density at radius 1 is 1.00 bits per heavy atom. The zero-order valence-electron chi connectivity index (χ0n) is 12.8. The van der Waals surface area contributed by atoms with Crippen molar-refractivity contribution in [1.82, 2.24) is 4.34 Å². The third-order valence-corrected chi connectivity index (χ3v) is 9.44. The molecule has 0 N–H and O–H groups in total. The second-order valence-electron chi connectivity index (χ2n) is 6.69. The van der Waals surface area contributed by atoms with Crippen LogP contribution in [-0.2, 0) is 0 Å². The lowest BCUT2D eigenvalue weighted by molar-refractivity contribution is 0.112. The molecule has 0 heterocycles. The highest BCUT2D eigenvalue weighted by atomic mass is 28.4. The summed E-state index contributed by atoms with van der Waals surface area (Å²) in [4.78, 5) is 10.8. The minimum absolute atomic E-state index is 0.691. The smallest absolute Gasteiger partial charge is 0.158 e. The third kappa shape index (κ3) is 4.76. The molecule has 0 spiro atoms. The van der Waals surface area contributed by atoms with E-state index in [0.29, 0.717) is 5.56 Å². The summed E-state index contributed by atoms with van der Waals surface area (Å²) < 4.78 is 2.35. The van der Waals surface area contributed by atoms with Crippen LogP contribution in [0.3, 0.4) is 0 Å². The van der Waals surface area contributed by atoms with Crippen molar-refractivity contribution in [2.45, 2.75) is 39.3 Å². The van der Waals surface area contributed by atoms with Crippen molar-refractivity contribution < 1.29 is 4.79 Å². The fourth-order valence-corrected chi connectivity index (χ4v) is 11.0. The highest BCUT2D eigenvalue weighted by Gasteiger charge is 2.33. The average Bonchev–Trinajstić information content (AvgIpc) is 2.26. The second-order valence-corrected chi connectivity index (χ2v) is 16.7. The summed E-state index contributed by atoms with van der Waals surface area (Å²) in [6.07, 6.45) is 2.75. The van der Waals surface area contributed by atoms with Crippen LogP contribution in [-0.4, -0.2) is 33.3 Å². The van der Waals surface area contributed by atoms with Crippen LogP contribution in [0.15, 0.2) is 29.4 Å². The molecular formula is C14H24N2OSi2. The van der Waals surface area contributed by atoms with Crippen LogP contribution in [0.4, 0.5) is 0 Å². The minimum Gasteiger partial charge on any atom is -0.350 e. The van der Waals surface area contributed by atoms with Gasteiger partial charge in [-0.2, -0.15) is 0 Å². The summed E-state index contributed by atoms with van der Waals surface area (Å²) in [5.41, 5.74) is 1.67. The van der Waals surface area contributed by atoms with Crippen LogP contribution in [0.2, 0.25) is 39.3 Å². The molecule has 3 nitrogen and oxygen atoms in total. The van der Waals surface area contributed by atoms with Crippen molar-refractivity contribution in [1.29, 1.82) is 0 Å². The topological polar surface area (TPSA) is 32.7 Å². The molecule has 1 aromatic carbocycles. The van der Waals surface area contributed by atoms with E-state index in [4.69, 9.17) is 5.10 Å². The van der Waals surface area contributed by atoms with Crippen molar-refractivity contribution in [3.63, 3.8) is 0 Å². The molecule has 1 rings (SSSR count). The zero-order chi connectivity index (χ0) is 14.7. The first-order valence-corrected chi connectivity index (χ1v) is 13.4. The van der Waals surface area contributed by atoms with Crippen LogP contribution < -0.4 is 0 Å². The highest BCUT2D eigenvalue weighted by molar-refractivity contribution is 6.89. The quantitative estimate of drug-likeness (QED) is 0.358. The standard InChI is InChI=1S/C14H24N2OSi2/c1-18(2,3)16(19(4,5)6)15-11-13-8-7-9-14(10-13)12-17/h7-12H,1-6H3/b15-11+. The molecule has 1 aromatic rings. The fraction of sp³-hybridized carbons (Fsp3) is 0.429. The van der Waals surface area contributed by atoms with Gasteiger partial charge in [-0.3, -0.25) is 4.79 Å². The third-order valence-electron chi connectivity index (χ3n) is 2.64. The zero-order valence-corrected chi connectivity index (χ0v) is 14.8. The summed E-state index contributed by atoms with van der Waals surface area (Å²) >= 11 is 0. The molecular weight excluding hydrogens is 268 g/mol. The number of rotatable bonds is 5. The molecule has 0 saturated heterocycles. The first-order valence-electron chi connectivity index (χ1n) is 6.54. The minimum atomic E-state index is -1.47. The number of carbonyl (C=O) groups is 1. The van der Waals surface area contributed by atoms with E-state index in [1.165, 1.54) is 0 Å². The second kappa shape index (κ2) is 5.84. The number of hydrogen-bond acceptors (Lipinski definition) is 3. The van der Waals surface area contributed by atoms with Crippen LogP contribution in [0.5, 0.6) is 0 Å². The number of aldehydes is 1. The van der Waals surface area contributed by atoms with E-state index in [0.717, 1.165) is 11.8 Å². The van der Waals surface area contributed by atoms with Gasteiger partial charge in [-0.25, -0.2) is 5.10 Å². The monoisotopic (exact) mass is 292 g/mol. The Morgan fingerprint density at radius 2 is 1.53 bits per heavy atom. The molecule has 0 aliphatic heterocycles. The Bertz CT molecular complexity index is 459. The van der Waals surface area contributed by atoms with Gasteiger partial charge in [-0.15, -0.1) is 0 Å². The molecule has 5 heteroatoms. The maximum atomic E-state index is 10.8. The number of hydrazone groups is 1. The lowest BCUT2D eigenvalue weighted by Gasteiger charge is -2.41. The van der Waals surface area contributed by atoms with Crippen LogP contribution in [0.1, 0.15) is 15.9 Å². The molecule has 0 radical (unpaired) electrons. The van der Waals surface area contributed by atoms with Gasteiger partial charge in [0.2, 0.25) is 0 Å². The Kier molecular flexibility index (Phi) is 4.87. The number of carbonyl (C=O) groups excluding carboxylic acids is 1. The van der Waals surface area contributed by atoms with E-state index in [1.807, 2.05) is 24.4 Å². The van der Waals surface area contributed by atoms with Crippen molar-refractivity contribution in [2.24, 2.45) is 5.10 Å². The molecule has 0 fully saturated rings. The first kappa shape index (κ1) is 15.8. The highest BCUT2D eigenvalue weighted by Crippen LogP contribution is 2.20. The number of benzene rings is 1. The Balaban J connectivity index is 3.02. The fourth-order valence-electron chi connectivity index (χ4n) is 2.19. The van der Waals surface area contributed by atoms with Crippen molar-refractivity contribution in [3.8, 4) is 0 Å². The van der Waals surface area contributed by atoms with Crippen molar-refractivity contribution >= 4 is 29.0 Å². The molecule has 0 aromatic heterocycles. The molecule has 0 atom stereocenters. The van der Waals surface area contributed by atoms with Gasteiger partial charge < -0.3 is 4.34 Å². The number of nitrogens with zero attached hydrogens (tertiary/aromatic N) is 2. The van der Waals surface area contributed by atoms with Crippen molar-refractivity contribution in [3.05, 3.63) is 35.4 Å². The van der Waals surface area contributed by atoms with E-state index in [1.54, 1.807) is 6.07 Å². The summed E-state index contributed by atoms with van der Waals surface area (Å²) in [6.45, 7) is 13.9. The maximum Gasteiger partial charge on any atom is 0.158 e. The van der Waals surface area contributed by atoms with Gasteiger partial charge in [-0.1, -0.05) is 57.5 Å². The van der Waals surface area contributed by atoms with Crippen LogP contribution in [0.25, 0.3) is 0 Å². The van der Waals surface area contributed by atoms with E-state index in [-0.39, 0.29) is 0 Å². The molecule has 0 unspecified atom stereocenters. The molecule has 19 heavy (non-hydrogen) atoms. The van der Waals surface area contributed by atoms with Crippen LogP contribution >= 0.6 is 0 Å². The predicted octanol–water partition coefficient (Wildman–Crippen LogP) is 3.80. The van der Waals surface area contributed by atoms with Gasteiger partial charge in [0.15, 0.2) is 16.5 Å². The van der Waals surface area contributed by atoms with Crippen LogP contribution in [0, 0.1) is 0 Å². The van der Waals surface area contributed by atoms with Gasteiger partial charge in [0.05, 0.1) is 6.21 Å². The van der Waals surface area contributed by atoms with E-state index >= 15 is 0 Å². The molecule has 0 saturated carbocycles. The molecule has 0 aliphatic carbocycles. The summed E-state index contributed by atoms with van der Waals surface area (Å²) in [6, 6.07) is 7.53. The van der Waals surface area contributed by atoms with E-state index < -0.39 is 16.5 Å². The Morgan fingerprint density at radius 3 is 2.00 bits per heavy atom. The van der Waals surface area contributed by atoms with E-state index in [9.17, 15) is 4.79 Å². The lowest BCUT2D eigenvalue weighted by Crippen LogP contribution is -2.55. The summed E-state index contributed by atoms with van der Waals surface area (Å²) in [5, 5.41) is 4.73. The Labute approximate surface area is 118 Å².